The number of hydrogen-bond donors (Lipinski definition) is 2. The summed E-state index contributed by atoms with van der Waals surface area (Å²) in [6.07, 6.45) is 0. The smallest absolute Gasteiger partial charge is 0.231 e. The molecule has 2 unspecified atom stereocenters. The lowest BCUT2D eigenvalue weighted by atomic mass is 10.0. The largest absolute Gasteiger partial charge is 0.379 e. The molecular formula is C15H23N3O2. The van der Waals surface area contributed by atoms with Crippen LogP contribution in [-0.2, 0) is 9.53 Å². The molecule has 0 aliphatic carbocycles. The molecule has 1 aromatic carbocycles. The fourth-order valence-corrected chi connectivity index (χ4v) is 2.42. The van der Waals surface area contributed by atoms with Crippen molar-refractivity contribution in [2.45, 2.75) is 19.9 Å². The maximum Gasteiger partial charge on any atom is 0.231 e. The quantitative estimate of drug-likeness (QED) is 0.854. The first-order chi connectivity index (χ1) is 9.65. The third kappa shape index (κ3) is 3.29. The fourth-order valence-electron chi connectivity index (χ4n) is 2.42. The zero-order valence-corrected chi connectivity index (χ0v) is 12.1. The number of benzene rings is 1. The Morgan fingerprint density at radius 2 is 1.95 bits per heavy atom. The van der Waals surface area contributed by atoms with E-state index in [9.17, 15) is 4.79 Å². The van der Waals surface area contributed by atoms with Crippen molar-refractivity contribution in [1.82, 2.24) is 0 Å². The van der Waals surface area contributed by atoms with Crippen LogP contribution in [0.25, 0.3) is 0 Å². The minimum absolute atomic E-state index is 0.0643. The Balaban J connectivity index is 1.98. The molecule has 1 aliphatic rings. The topological polar surface area (TPSA) is 67.6 Å². The number of carbonyl (C=O) groups excluding carboxylic acids is 1. The zero-order valence-electron chi connectivity index (χ0n) is 12.1. The van der Waals surface area contributed by atoms with Gasteiger partial charge in [0, 0.05) is 30.5 Å². The summed E-state index contributed by atoms with van der Waals surface area (Å²) in [4.78, 5) is 14.3. The second-order valence-corrected chi connectivity index (χ2v) is 5.02. The molecule has 0 aromatic heterocycles. The van der Waals surface area contributed by atoms with Crippen molar-refractivity contribution in [1.29, 1.82) is 0 Å². The number of hydrogen-bond acceptors (Lipinski definition) is 4. The number of nitrogens with two attached hydrogens (primary N) is 1. The highest BCUT2D eigenvalue weighted by molar-refractivity contribution is 5.93. The molecule has 20 heavy (non-hydrogen) atoms. The molecule has 1 aliphatic heterocycles. The third-order valence-corrected chi connectivity index (χ3v) is 3.72. The van der Waals surface area contributed by atoms with Gasteiger partial charge in [-0.15, -0.1) is 0 Å². The van der Waals surface area contributed by atoms with E-state index >= 15 is 0 Å². The van der Waals surface area contributed by atoms with Crippen molar-refractivity contribution in [3.63, 3.8) is 0 Å². The second kappa shape index (κ2) is 6.72. The molecule has 2 atom stereocenters. The monoisotopic (exact) mass is 277 g/mol. The highest BCUT2D eigenvalue weighted by atomic mass is 16.5. The predicted molar refractivity (Wildman–Crippen MR) is 80.9 cm³/mol. The summed E-state index contributed by atoms with van der Waals surface area (Å²) in [7, 11) is 0. The van der Waals surface area contributed by atoms with Gasteiger partial charge in [0.25, 0.3) is 0 Å². The maximum atomic E-state index is 12.1. The lowest BCUT2D eigenvalue weighted by Gasteiger charge is -2.21. The van der Waals surface area contributed by atoms with Gasteiger partial charge >= 0.3 is 0 Å². The van der Waals surface area contributed by atoms with Gasteiger partial charge in [0.1, 0.15) is 0 Å². The van der Waals surface area contributed by atoms with Crippen molar-refractivity contribution in [2.75, 3.05) is 36.5 Å². The Hall–Kier alpha value is -1.59. The first-order valence-corrected chi connectivity index (χ1v) is 7.14. The number of ether oxygens (including phenoxy) is 1. The molecule has 5 nitrogen and oxygen atoms in total. The van der Waals surface area contributed by atoms with Gasteiger partial charge in [0.2, 0.25) is 5.91 Å². The highest BCUT2D eigenvalue weighted by Gasteiger charge is 2.31. The summed E-state index contributed by atoms with van der Waals surface area (Å²) < 4.78 is 5.22. The second-order valence-electron chi connectivity index (χ2n) is 5.02. The van der Waals surface area contributed by atoms with E-state index in [2.05, 4.69) is 24.1 Å². The number of amides is 1. The van der Waals surface area contributed by atoms with Crippen LogP contribution in [0, 0.1) is 5.92 Å². The van der Waals surface area contributed by atoms with Crippen LogP contribution in [0.15, 0.2) is 24.3 Å². The van der Waals surface area contributed by atoms with Crippen molar-refractivity contribution in [2.24, 2.45) is 11.7 Å². The van der Waals surface area contributed by atoms with Gasteiger partial charge in [0.05, 0.1) is 19.1 Å². The Kier molecular flexibility index (Phi) is 4.98. The van der Waals surface area contributed by atoms with Crippen LogP contribution in [0.1, 0.15) is 13.8 Å². The van der Waals surface area contributed by atoms with Crippen molar-refractivity contribution in [3.05, 3.63) is 24.3 Å². The molecule has 1 heterocycles. The van der Waals surface area contributed by atoms with Crippen molar-refractivity contribution >= 4 is 17.3 Å². The van der Waals surface area contributed by atoms with Gasteiger partial charge < -0.3 is 20.7 Å². The van der Waals surface area contributed by atoms with Gasteiger partial charge in [-0.3, -0.25) is 4.79 Å². The van der Waals surface area contributed by atoms with E-state index in [-0.39, 0.29) is 17.9 Å². The molecule has 0 saturated carbocycles. The van der Waals surface area contributed by atoms with E-state index in [1.807, 2.05) is 24.3 Å². The Labute approximate surface area is 120 Å². The van der Waals surface area contributed by atoms with Gasteiger partial charge in [-0.25, -0.2) is 0 Å². The molecule has 3 N–H and O–H groups in total. The fraction of sp³-hybridized carbons (Fsp3) is 0.533. The van der Waals surface area contributed by atoms with Crippen LogP contribution in [0.5, 0.6) is 0 Å². The average Bonchev–Trinajstić information content (AvgIpc) is 2.88. The van der Waals surface area contributed by atoms with Crippen LogP contribution in [0.3, 0.4) is 0 Å². The highest BCUT2D eigenvalue weighted by Crippen LogP contribution is 2.19. The summed E-state index contributed by atoms with van der Waals surface area (Å²) in [5, 5.41) is 2.90. The number of carbonyl (C=O) groups is 1. The molecule has 0 radical (unpaired) electrons. The van der Waals surface area contributed by atoms with E-state index in [0.29, 0.717) is 13.2 Å². The summed E-state index contributed by atoms with van der Waals surface area (Å²) in [5.74, 6) is -0.317. The lowest BCUT2D eigenvalue weighted by molar-refractivity contribution is -0.120. The summed E-state index contributed by atoms with van der Waals surface area (Å²) in [6, 6.07) is 7.69. The van der Waals surface area contributed by atoms with Crippen molar-refractivity contribution in [3.8, 4) is 0 Å². The van der Waals surface area contributed by atoms with Crippen molar-refractivity contribution < 1.29 is 9.53 Å². The number of nitrogens with zero attached hydrogens (tertiary/aromatic N) is 1. The Morgan fingerprint density at radius 1 is 1.30 bits per heavy atom. The number of nitrogens with one attached hydrogen (secondary N) is 1. The number of rotatable bonds is 5. The molecule has 5 heteroatoms. The van der Waals surface area contributed by atoms with E-state index in [1.54, 1.807) is 0 Å². The molecule has 1 fully saturated rings. The van der Waals surface area contributed by atoms with Gasteiger partial charge in [0.15, 0.2) is 0 Å². The SMILES string of the molecule is CCN(CC)c1ccc(NC(=O)C2COCC2N)cc1. The first-order valence-electron chi connectivity index (χ1n) is 7.14. The van der Waals surface area contributed by atoms with Crippen LogP contribution < -0.4 is 16.0 Å². The zero-order chi connectivity index (χ0) is 14.5. The van der Waals surface area contributed by atoms with Crippen LogP contribution in [-0.4, -0.2) is 38.3 Å². The van der Waals surface area contributed by atoms with Crippen LogP contribution in [0.4, 0.5) is 11.4 Å². The summed E-state index contributed by atoms with van der Waals surface area (Å²) in [5.41, 5.74) is 7.80. The summed E-state index contributed by atoms with van der Waals surface area (Å²) in [6.45, 7) is 7.05. The van der Waals surface area contributed by atoms with E-state index in [4.69, 9.17) is 10.5 Å². The molecule has 0 spiro atoms. The minimum Gasteiger partial charge on any atom is -0.379 e. The molecule has 110 valence electrons. The number of anilines is 2. The minimum atomic E-state index is -0.252. The molecule has 1 saturated heterocycles. The third-order valence-electron chi connectivity index (χ3n) is 3.72. The molecule has 0 bridgehead atoms. The van der Waals surface area contributed by atoms with E-state index < -0.39 is 0 Å². The lowest BCUT2D eigenvalue weighted by Crippen LogP contribution is -2.37. The normalized spacial score (nSPS) is 21.8. The first kappa shape index (κ1) is 14.8. The average molecular weight is 277 g/mol. The Morgan fingerprint density at radius 3 is 2.45 bits per heavy atom. The standard InChI is InChI=1S/C15H23N3O2/c1-3-18(4-2)12-7-5-11(6-8-12)17-15(19)13-9-20-10-14(13)16/h5-8,13-14H,3-4,9-10,16H2,1-2H3,(H,17,19). The molecular weight excluding hydrogens is 254 g/mol. The maximum absolute atomic E-state index is 12.1. The van der Waals surface area contributed by atoms with Gasteiger partial charge in [-0.05, 0) is 38.1 Å². The molecule has 2 rings (SSSR count). The molecule has 1 amide bonds. The summed E-state index contributed by atoms with van der Waals surface area (Å²) >= 11 is 0. The predicted octanol–water partition coefficient (Wildman–Crippen LogP) is 1.44. The van der Waals surface area contributed by atoms with Gasteiger partial charge in [-0.2, -0.15) is 0 Å². The van der Waals surface area contributed by atoms with Crippen LogP contribution in [0.2, 0.25) is 0 Å². The van der Waals surface area contributed by atoms with E-state index in [1.165, 1.54) is 0 Å². The van der Waals surface area contributed by atoms with Crippen LogP contribution >= 0.6 is 0 Å². The van der Waals surface area contributed by atoms with Gasteiger partial charge in [-0.1, -0.05) is 0 Å². The van der Waals surface area contributed by atoms with E-state index in [0.717, 1.165) is 24.5 Å². The Bertz CT molecular complexity index is 443. The molecule has 1 aromatic rings.